The van der Waals surface area contributed by atoms with Gasteiger partial charge in [0.15, 0.2) is 28.7 Å². The van der Waals surface area contributed by atoms with Crippen molar-refractivity contribution in [1.82, 2.24) is 19.5 Å². The maximum atomic E-state index is 12.5. The molecule has 0 fully saturated rings. The van der Waals surface area contributed by atoms with E-state index >= 15 is 0 Å². The first kappa shape index (κ1) is 17.7. The fraction of sp³-hybridized carbons (Fsp3) is 0.111. The van der Waals surface area contributed by atoms with Crippen molar-refractivity contribution in [1.29, 1.82) is 0 Å². The normalized spacial score (nSPS) is 11.0. The number of aromatic nitrogens is 4. The summed E-state index contributed by atoms with van der Waals surface area (Å²) in [6.45, 7) is 2.15. The lowest BCUT2D eigenvalue weighted by Gasteiger charge is -2.10. The smallest absolute Gasteiger partial charge is 0.333 e. The average molecular weight is 397 g/mol. The monoisotopic (exact) mass is 397 g/mol. The number of phenolic OH excluding ortho intramolecular Hbond substituents is 1. The maximum Gasteiger partial charge on any atom is 0.333 e. The van der Waals surface area contributed by atoms with Crippen molar-refractivity contribution in [2.75, 3.05) is 6.61 Å². The quantitative estimate of drug-likeness (QED) is 0.471. The summed E-state index contributed by atoms with van der Waals surface area (Å²) in [5.74, 6) is -0.688. The van der Waals surface area contributed by atoms with Crippen LogP contribution in [0.3, 0.4) is 0 Å². The number of fused-ring (bicyclic) bond motifs is 1. The third kappa shape index (κ3) is 2.79. The van der Waals surface area contributed by atoms with Crippen LogP contribution in [0.25, 0.3) is 27.6 Å². The van der Waals surface area contributed by atoms with E-state index in [4.69, 9.17) is 10.5 Å². The Hall–Kier alpha value is -3.66. The summed E-state index contributed by atoms with van der Waals surface area (Å²) >= 11 is 1.33. The molecule has 0 saturated carbocycles. The number of aromatic amines is 1. The van der Waals surface area contributed by atoms with Gasteiger partial charge >= 0.3 is 5.69 Å². The molecule has 142 valence electrons. The van der Waals surface area contributed by atoms with E-state index < -0.39 is 11.6 Å². The lowest BCUT2D eigenvalue weighted by Crippen LogP contribution is -2.15. The van der Waals surface area contributed by atoms with Gasteiger partial charge in [0.05, 0.1) is 12.2 Å². The van der Waals surface area contributed by atoms with Gasteiger partial charge in [0.2, 0.25) is 0 Å². The molecule has 4 N–H and O–H groups in total. The topological polar surface area (TPSA) is 136 Å². The highest BCUT2D eigenvalue weighted by molar-refractivity contribution is 7.12. The number of amides is 1. The molecule has 0 saturated heterocycles. The fourth-order valence-electron chi connectivity index (χ4n) is 2.86. The van der Waals surface area contributed by atoms with Crippen LogP contribution in [0.15, 0.2) is 40.5 Å². The van der Waals surface area contributed by atoms with Crippen LogP contribution in [0, 0.1) is 0 Å². The van der Waals surface area contributed by atoms with E-state index in [1.807, 2.05) is 5.38 Å². The Labute approximate surface area is 162 Å². The molecule has 4 aromatic rings. The van der Waals surface area contributed by atoms with Crippen LogP contribution in [0.5, 0.6) is 11.5 Å². The van der Waals surface area contributed by atoms with Gasteiger partial charge in [-0.05, 0) is 36.6 Å². The Bertz CT molecular complexity index is 1240. The Morgan fingerprint density at radius 2 is 2.14 bits per heavy atom. The van der Waals surface area contributed by atoms with Gasteiger partial charge in [0.25, 0.3) is 5.91 Å². The molecule has 0 radical (unpaired) electrons. The molecule has 3 aromatic heterocycles. The number of carbonyl (C=O) groups excluding carboxylic acids is 1. The van der Waals surface area contributed by atoms with Gasteiger partial charge in [-0.25, -0.2) is 19.3 Å². The number of hydrogen-bond acceptors (Lipinski definition) is 7. The van der Waals surface area contributed by atoms with Crippen molar-refractivity contribution in [3.63, 3.8) is 0 Å². The second-order valence-corrected chi connectivity index (χ2v) is 6.69. The van der Waals surface area contributed by atoms with Gasteiger partial charge in [0.1, 0.15) is 10.5 Å². The first-order valence-electron chi connectivity index (χ1n) is 8.32. The molecule has 4 rings (SSSR count). The number of para-hydroxylation sites is 1. The Morgan fingerprint density at radius 3 is 2.82 bits per heavy atom. The third-order valence-electron chi connectivity index (χ3n) is 4.04. The van der Waals surface area contributed by atoms with E-state index in [0.29, 0.717) is 11.6 Å². The summed E-state index contributed by atoms with van der Waals surface area (Å²) in [4.78, 5) is 35.7. The molecule has 9 nitrogen and oxygen atoms in total. The summed E-state index contributed by atoms with van der Waals surface area (Å²) < 4.78 is 6.73. The highest BCUT2D eigenvalue weighted by Crippen LogP contribution is 2.36. The molecule has 1 aromatic carbocycles. The molecule has 0 spiro atoms. The summed E-state index contributed by atoms with van der Waals surface area (Å²) in [5.41, 5.74) is 5.43. The highest BCUT2D eigenvalue weighted by atomic mass is 32.1. The third-order valence-corrected chi connectivity index (χ3v) is 4.89. The molecule has 0 aliphatic rings. The zero-order valence-corrected chi connectivity index (χ0v) is 15.5. The SMILES string of the molecule is CCOc1cccc(-c2nc(C(N)=O)c3[nH]c(=O)n(-c4cccs4)c3n2)c1O. The minimum absolute atomic E-state index is 0.0460. The van der Waals surface area contributed by atoms with Gasteiger partial charge in [-0.15, -0.1) is 11.3 Å². The summed E-state index contributed by atoms with van der Waals surface area (Å²) in [7, 11) is 0. The lowest BCUT2D eigenvalue weighted by atomic mass is 10.1. The average Bonchev–Trinajstić information content (AvgIpc) is 3.29. The lowest BCUT2D eigenvalue weighted by molar-refractivity contribution is 0.0997. The molecule has 0 aliphatic carbocycles. The Kier molecular flexibility index (Phi) is 4.32. The predicted molar refractivity (Wildman–Crippen MR) is 104 cm³/mol. The van der Waals surface area contributed by atoms with Crippen molar-refractivity contribution in [3.05, 3.63) is 51.9 Å². The van der Waals surface area contributed by atoms with Gasteiger partial charge < -0.3 is 20.6 Å². The Morgan fingerprint density at radius 1 is 1.32 bits per heavy atom. The minimum atomic E-state index is -0.825. The first-order valence-corrected chi connectivity index (χ1v) is 9.20. The zero-order valence-electron chi connectivity index (χ0n) is 14.7. The number of primary amides is 1. The number of H-pyrrole nitrogens is 1. The number of ether oxygens (including phenoxy) is 1. The van der Waals surface area contributed by atoms with Gasteiger partial charge in [-0.1, -0.05) is 6.07 Å². The molecule has 28 heavy (non-hydrogen) atoms. The zero-order chi connectivity index (χ0) is 19.8. The summed E-state index contributed by atoms with van der Waals surface area (Å²) in [5, 5.41) is 13.0. The van der Waals surface area contributed by atoms with Crippen LogP contribution < -0.4 is 16.2 Å². The largest absolute Gasteiger partial charge is 0.504 e. The number of nitrogens with zero attached hydrogens (tertiary/aromatic N) is 3. The van der Waals surface area contributed by atoms with Crippen LogP contribution >= 0.6 is 11.3 Å². The standard InChI is InChI=1S/C18H15N5O4S/c1-2-27-10-6-3-5-9(14(10)24)16-20-12(15(19)25)13-17(22-16)23(18(26)21-13)11-7-4-8-28-11/h3-8,24H,2H2,1H3,(H2,19,25)(H,21,26). The fourth-order valence-corrected chi connectivity index (χ4v) is 3.59. The van der Waals surface area contributed by atoms with Crippen molar-refractivity contribution in [2.45, 2.75) is 6.92 Å². The van der Waals surface area contributed by atoms with Crippen molar-refractivity contribution >= 4 is 28.4 Å². The van der Waals surface area contributed by atoms with E-state index in [9.17, 15) is 14.7 Å². The van der Waals surface area contributed by atoms with Crippen molar-refractivity contribution in [2.24, 2.45) is 5.73 Å². The van der Waals surface area contributed by atoms with Crippen LogP contribution in [0.1, 0.15) is 17.4 Å². The molecular weight excluding hydrogens is 382 g/mol. The van der Waals surface area contributed by atoms with Crippen LogP contribution in [0.4, 0.5) is 0 Å². The van der Waals surface area contributed by atoms with E-state index in [0.717, 1.165) is 0 Å². The number of carbonyl (C=O) groups is 1. The van der Waals surface area contributed by atoms with Gasteiger partial charge in [-0.3, -0.25) is 4.79 Å². The van der Waals surface area contributed by atoms with Crippen LogP contribution in [-0.2, 0) is 0 Å². The number of nitrogens with one attached hydrogen (secondary N) is 1. The molecule has 0 aliphatic heterocycles. The second-order valence-electron chi connectivity index (χ2n) is 5.76. The van der Waals surface area contributed by atoms with Crippen LogP contribution in [-0.4, -0.2) is 37.1 Å². The number of benzene rings is 1. The van der Waals surface area contributed by atoms with Gasteiger partial charge in [0, 0.05) is 0 Å². The van der Waals surface area contributed by atoms with E-state index in [2.05, 4.69) is 15.0 Å². The van der Waals surface area contributed by atoms with E-state index in [1.165, 1.54) is 15.9 Å². The second kappa shape index (κ2) is 6.82. The van der Waals surface area contributed by atoms with E-state index in [1.54, 1.807) is 37.3 Å². The summed E-state index contributed by atoms with van der Waals surface area (Å²) in [6.07, 6.45) is 0. The Balaban J connectivity index is 2.04. The number of hydrogen-bond donors (Lipinski definition) is 3. The van der Waals surface area contributed by atoms with Crippen molar-refractivity contribution in [3.8, 4) is 27.9 Å². The molecule has 0 bridgehead atoms. The molecule has 3 heterocycles. The predicted octanol–water partition coefficient (Wildman–Crippen LogP) is 2.04. The highest BCUT2D eigenvalue weighted by Gasteiger charge is 2.22. The molecule has 0 unspecified atom stereocenters. The van der Waals surface area contributed by atoms with E-state index in [-0.39, 0.29) is 39.7 Å². The van der Waals surface area contributed by atoms with Gasteiger partial charge in [-0.2, -0.15) is 0 Å². The number of aromatic hydroxyl groups is 1. The number of nitrogens with two attached hydrogens (primary N) is 1. The maximum absolute atomic E-state index is 12.5. The first-order chi connectivity index (χ1) is 13.5. The molecule has 0 atom stereocenters. The van der Waals surface area contributed by atoms with Crippen LogP contribution in [0.2, 0.25) is 0 Å². The number of imidazole rings is 1. The summed E-state index contributed by atoms with van der Waals surface area (Å²) in [6, 6.07) is 8.40. The minimum Gasteiger partial charge on any atom is -0.504 e. The molecule has 1 amide bonds. The number of phenols is 1. The van der Waals surface area contributed by atoms with Crippen molar-refractivity contribution < 1.29 is 14.6 Å². The number of thiophene rings is 1. The molecular formula is C18H15N5O4S. The number of rotatable bonds is 5. The molecule has 10 heteroatoms.